The second-order valence-electron chi connectivity index (χ2n) is 6.65. The number of ether oxygens (including phenoxy) is 1. The van der Waals surface area contributed by atoms with E-state index in [2.05, 4.69) is 5.32 Å². The highest BCUT2D eigenvalue weighted by molar-refractivity contribution is 5.85. The summed E-state index contributed by atoms with van der Waals surface area (Å²) in [5.41, 5.74) is -0.288. The van der Waals surface area contributed by atoms with Crippen molar-refractivity contribution >= 4 is 18.3 Å². The zero-order valence-corrected chi connectivity index (χ0v) is 14.3. The Balaban J connectivity index is 0.00000220. The Hall–Kier alpha value is -0.320. The summed E-state index contributed by atoms with van der Waals surface area (Å²) in [6.45, 7) is 3.33. The number of amides is 1. The van der Waals surface area contributed by atoms with Crippen LogP contribution in [-0.2, 0) is 9.53 Å². The van der Waals surface area contributed by atoms with Gasteiger partial charge in [-0.05, 0) is 44.7 Å². The Morgan fingerprint density at radius 2 is 1.86 bits per heavy atom. The van der Waals surface area contributed by atoms with Crippen molar-refractivity contribution in [3.05, 3.63) is 0 Å². The zero-order valence-electron chi connectivity index (χ0n) is 13.5. The van der Waals surface area contributed by atoms with Gasteiger partial charge in [-0.3, -0.25) is 4.79 Å². The average molecular weight is 319 g/mol. The van der Waals surface area contributed by atoms with Gasteiger partial charge >= 0.3 is 0 Å². The molecule has 0 aromatic carbocycles. The molecular formula is C16H31ClN2O2. The predicted molar refractivity (Wildman–Crippen MR) is 87.9 cm³/mol. The van der Waals surface area contributed by atoms with Gasteiger partial charge in [0.05, 0.1) is 12.0 Å². The number of rotatable bonds is 5. The number of carbonyl (C=O) groups is 1. The van der Waals surface area contributed by atoms with Gasteiger partial charge in [0, 0.05) is 20.7 Å². The highest BCUT2D eigenvalue weighted by Gasteiger charge is 2.41. The number of halogens is 1. The number of hydrogen-bond donors (Lipinski definition) is 1. The second-order valence-corrected chi connectivity index (χ2v) is 6.65. The van der Waals surface area contributed by atoms with Crippen molar-refractivity contribution in [2.75, 3.05) is 40.4 Å². The molecular weight excluding hydrogens is 288 g/mol. The van der Waals surface area contributed by atoms with Crippen LogP contribution in [0.4, 0.5) is 0 Å². The van der Waals surface area contributed by atoms with Crippen LogP contribution in [0.3, 0.4) is 0 Å². The van der Waals surface area contributed by atoms with Crippen molar-refractivity contribution in [1.82, 2.24) is 10.2 Å². The summed E-state index contributed by atoms with van der Waals surface area (Å²) in [5, 5.41) is 3.35. The summed E-state index contributed by atoms with van der Waals surface area (Å²) < 4.78 is 5.37. The van der Waals surface area contributed by atoms with Crippen LogP contribution < -0.4 is 5.32 Å². The van der Waals surface area contributed by atoms with E-state index >= 15 is 0 Å². The molecule has 21 heavy (non-hydrogen) atoms. The first-order valence-corrected chi connectivity index (χ1v) is 8.13. The van der Waals surface area contributed by atoms with E-state index in [1.165, 1.54) is 32.1 Å². The summed E-state index contributed by atoms with van der Waals surface area (Å²) in [6, 6.07) is 0. The molecule has 5 heteroatoms. The molecule has 0 aromatic rings. The Bertz CT molecular complexity index is 308. The Kier molecular flexibility index (Phi) is 7.99. The largest absolute Gasteiger partial charge is 0.384 e. The van der Waals surface area contributed by atoms with Crippen LogP contribution in [0.1, 0.15) is 44.9 Å². The van der Waals surface area contributed by atoms with E-state index in [9.17, 15) is 4.79 Å². The molecule has 0 atom stereocenters. The third kappa shape index (κ3) is 4.83. The Labute approximate surface area is 135 Å². The Morgan fingerprint density at radius 3 is 2.43 bits per heavy atom. The number of methoxy groups -OCH3 is 1. The monoisotopic (exact) mass is 318 g/mol. The van der Waals surface area contributed by atoms with E-state index in [-0.39, 0.29) is 17.8 Å². The third-order valence-corrected chi connectivity index (χ3v) is 5.04. The molecule has 1 aliphatic carbocycles. The van der Waals surface area contributed by atoms with E-state index in [1.807, 2.05) is 11.9 Å². The van der Waals surface area contributed by atoms with Crippen molar-refractivity contribution in [3.63, 3.8) is 0 Å². The van der Waals surface area contributed by atoms with Gasteiger partial charge in [0.25, 0.3) is 0 Å². The molecule has 2 aliphatic rings. The molecule has 1 heterocycles. The topological polar surface area (TPSA) is 41.6 Å². The lowest BCUT2D eigenvalue weighted by molar-refractivity contribution is -0.146. The highest BCUT2D eigenvalue weighted by atomic mass is 35.5. The molecule has 1 aliphatic heterocycles. The smallest absolute Gasteiger partial charge is 0.230 e. The third-order valence-electron chi connectivity index (χ3n) is 5.04. The van der Waals surface area contributed by atoms with Crippen molar-refractivity contribution < 1.29 is 9.53 Å². The van der Waals surface area contributed by atoms with Gasteiger partial charge in [0.2, 0.25) is 5.91 Å². The SMILES string of the molecule is COCC1(C(=O)N(C)CC2CCCCC2)CCNCC1.Cl. The van der Waals surface area contributed by atoms with Crippen molar-refractivity contribution in [3.8, 4) is 0 Å². The van der Waals surface area contributed by atoms with Gasteiger partial charge in [0.1, 0.15) is 0 Å². The van der Waals surface area contributed by atoms with Crippen LogP contribution >= 0.6 is 12.4 Å². The molecule has 1 N–H and O–H groups in total. The van der Waals surface area contributed by atoms with Gasteiger partial charge in [-0.15, -0.1) is 12.4 Å². The van der Waals surface area contributed by atoms with Crippen molar-refractivity contribution in [2.24, 2.45) is 11.3 Å². The van der Waals surface area contributed by atoms with Gasteiger partial charge < -0.3 is 15.0 Å². The molecule has 4 nitrogen and oxygen atoms in total. The summed E-state index contributed by atoms with van der Waals surface area (Å²) in [4.78, 5) is 14.9. The van der Waals surface area contributed by atoms with E-state index in [4.69, 9.17) is 4.74 Å². The predicted octanol–water partition coefficient (Wildman–Crippen LogP) is 2.46. The van der Waals surface area contributed by atoms with E-state index < -0.39 is 0 Å². The number of carbonyl (C=O) groups excluding carboxylic acids is 1. The van der Waals surface area contributed by atoms with Crippen LogP contribution in [0.15, 0.2) is 0 Å². The number of piperidine rings is 1. The van der Waals surface area contributed by atoms with Crippen molar-refractivity contribution in [1.29, 1.82) is 0 Å². The fraction of sp³-hybridized carbons (Fsp3) is 0.938. The van der Waals surface area contributed by atoms with E-state index in [0.717, 1.165) is 32.5 Å². The van der Waals surface area contributed by atoms with E-state index in [1.54, 1.807) is 7.11 Å². The molecule has 1 amide bonds. The minimum absolute atomic E-state index is 0. The summed E-state index contributed by atoms with van der Waals surface area (Å²) in [6.07, 6.45) is 8.41. The molecule has 0 bridgehead atoms. The zero-order chi connectivity index (χ0) is 14.4. The molecule has 1 saturated heterocycles. The molecule has 0 spiro atoms. The minimum atomic E-state index is -0.288. The maximum Gasteiger partial charge on any atom is 0.230 e. The first kappa shape index (κ1) is 18.7. The van der Waals surface area contributed by atoms with Crippen molar-refractivity contribution in [2.45, 2.75) is 44.9 Å². The fourth-order valence-electron chi connectivity index (χ4n) is 3.85. The molecule has 0 aromatic heterocycles. The number of hydrogen-bond acceptors (Lipinski definition) is 3. The number of nitrogens with zero attached hydrogens (tertiary/aromatic N) is 1. The fourth-order valence-corrected chi connectivity index (χ4v) is 3.85. The van der Waals surface area contributed by atoms with E-state index in [0.29, 0.717) is 18.4 Å². The maximum absolute atomic E-state index is 12.9. The van der Waals surface area contributed by atoms with Gasteiger partial charge in [-0.25, -0.2) is 0 Å². The highest BCUT2D eigenvalue weighted by Crippen LogP contribution is 2.32. The summed E-state index contributed by atoms with van der Waals surface area (Å²) in [7, 11) is 3.69. The standard InChI is InChI=1S/C16H30N2O2.ClH/c1-18(12-14-6-4-3-5-7-14)15(19)16(13-20-2)8-10-17-11-9-16;/h14,17H,3-13H2,1-2H3;1H. The first-order chi connectivity index (χ1) is 9.68. The molecule has 0 radical (unpaired) electrons. The van der Waals surface area contributed by atoms with Gasteiger partial charge in [0.15, 0.2) is 0 Å². The molecule has 0 unspecified atom stereocenters. The quantitative estimate of drug-likeness (QED) is 0.846. The average Bonchev–Trinajstić information content (AvgIpc) is 2.48. The van der Waals surface area contributed by atoms with Crippen LogP contribution in [0.25, 0.3) is 0 Å². The lowest BCUT2D eigenvalue weighted by Crippen LogP contribution is -2.51. The molecule has 124 valence electrons. The van der Waals surface area contributed by atoms with Crippen LogP contribution in [-0.4, -0.2) is 51.2 Å². The normalized spacial score (nSPS) is 22.4. The summed E-state index contributed by atoms with van der Waals surface area (Å²) in [5.74, 6) is 1.01. The first-order valence-electron chi connectivity index (χ1n) is 8.13. The second kappa shape index (κ2) is 8.96. The lowest BCUT2D eigenvalue weighted by Gasteiger charge is -2.39. The summed E-state index contributed by atoms with van der Waals surface area (Å²) >= 11 is 0. The maximum atomic E-state index is 12.9. The lowest BCUT2D eigenvalue weighted by atomic mass is 9.78. The van der Waals surface area contributed by atoms with Crippen LogP contribution in [0.5, 0.6) is 0 Å². The Morgan fingerprint density at radius 1 is 1.24 bits per heavy atom. The van der Waals surface area contributed by atoms with Crippen LogP contribution in [0.2, 0.25) is 0 Å². The molecule has 1 saturated carbocycles. The molecule has 2 fully saturated rings. The minimum Gasteiger partial charge on any atom is -0.384 e. The molecule has 2 rings (SSSR count). The number of nitrogens with one attached hydrogen (secondary N) is 1. The van der Waals surface area contributed by atoms with Crippen LogP contribution in [0, 0.1) is 11.3 Å². The van der Waals surface area contributed by atoms with Gasteiger partial charge in [-0.2, -0.15) is 0 Å². The van der Waals surface area contributed by atoms with Gasteiger partial charge in [-0.1, -0.05) is 19.3 Å².